The van der Waals surface area contributed by atoms with Crippen molar-refractivity contribution in [2.45, 2.75) is 13.3 Å². The minimum atomic E-state index is -0.306. The van der Waals surface area contributed by atoms with Crippen LogP contribution in [-0.2, 0) is 0 Å². The number of thiocarbonyl (C=S) groups is 1. The minimum Gasteiger partial charge on any atom is -0.494 e. The third-order valence-electron chi connectivity index (χ3n) is 5.88. The minimum absolute atomic E-state index is 0.0507. The Morgan fingerprint density at radius 3 is 2.33 bits per heavy atom. The summed E-state index contributed by atoms with van der Waals surface area (Å²) in [5.74, 6) is 0.397. The third kappa shape index (κ3) is 6.40. The molecule has 3 aromatic carbocycles. The van der Waals surface area contributed by atoms with Gasteiger partial charge in [0, 0.05) is 37.3 Å². The van der Waals surface area contributed by atoms with Crippen LogP contribution in [0, 0.1) is 0 Å². The third-order valence-corrected chi connectivity index (χ3v) is 6.08. The van der Waals surface area contributed by atoms with E-state index < -0.39 is 0 Å². The van der Waals surface area contributed by atoms with Gasteiger partial charge < -0.3 is 19.9 Å². The lowest BCUT2D eigenvalue weighted by molar-refractivity contribution is 0.0746. The first-order valence-corrected chi connectivity index (χ1v) is 12.5. The lowest BCUT2D eigenvalue weighted by Crippen LogP contribution is -2.49. The van der Waals surface area contributed by atoms with E-state index in [9.17, 15) is 9.59 Å². The van der Waals surface area contributed by atoms with Gasteiger partial charge in [0.25, 0.3) is 11.8 Å². The van der Waals surface area contributed by atoms with Gasteiger partial charge in [-0.3, -0.25) is 14.9 Å². The second kappa shape index (κ2) is 12.2. The number of nitrogens with zero attached hydrogens (tertiary/aromatic N) is 2. The molecule has 0 aliphatic carbocycles. The number of nitrogens with one attached hydrogen (secondary N) is 2. The standard InChI is InChI=1S/C28H30N4O3S/c1-2-19-35-23-12-8-11-22(20-23)26(33)30-28(36)29-24-13-6-7-14-25(24)31-15-17-32(18-16-31)27(34)21-9-4-3-5-10-21/h3-14,20H,2,15-19H2,1H3,(H2,29,30,33,36). The number of carbonyl (C=O) groups excluding carboxylic acids is 2. The zero-order valence-electron chi connectivity index (χ0n) is 20.3. The topological polar surface area (TPSA) is 73.9 Å². The molecule has 1 aliphatic rings. The summed E-state index contributed by atoms with van der Waals surface area (Å²) in [5, 5.41) is 6.13. The maximum Gasteiger partial charge on any atom is 0.257 e. The molecule has 0 aromatic heterocycles. The van der Waals surface area contributed by atoms with Crippen LogP contribution in [0.15, 0.2) is 78.9 Å². The number of ether oxygens (including phenoxy) is 1. The van der Waals surface area contributed by atoms with E-state index in [1.165, 1.54) is 0 Å². The number of anilines is 2. The average Bonchev–Trinajstić information content (AvgIpc) is 2.92. The van der Waals surface area contributed by atoms with E-state index >= 15 is 0 Å². The van der Waals surface area contributed by atoms with Gasteiger partial charge in [-0.25, -0.2) is 0 Å². The molecule has 36 heavy (non-hydrogen) atoms. The molecule has 4 rings (SSSR count). The van der Waals surface area contributed by atoms with Crippen LogP contribution in [0.5, 0.6) is 5.75 Å². The van der Waals surface area contributed by atoms with Crippen molar-refractivity contribution in [3.05, 3.63) is 90.0 Å². The second-order valence-corrected chi connectivity index (χ2v) is 8.86. The highest BCUT2D eigenvalue weighted by Gasteiger charge is 2.23. The van der Waals surface area contributed by atoms with Gasteiger partial charge in [-0.1, -0.05) is 43.3 Å². The van der Waals surface area contributed by atoms with Crippen molar-refractivity contribution >= 4 is 40.5 Å². The summed E-state index contributed by atoms with van der Waals surface area (Å²) in [5.41, 5.74) is 2.94. The number of amides is 2. The molecule has 1 fully saturated rings. The van der Waals surface area contributed by atoms with Crippen LogP contribution in [-0.4, -0.2) is 54.6 Å². The van der Waals surface area contributed by atoms with Gasteiger partial charge in [-0.2, -0.15) is 0 Å². The summed E-state index contributed by atoms with van der Waals surface area (Å²) in [6.07, 6.45) is 0.891. The van der Waals surface area contributed by atoms with E-state index in [1.807, 2.05) is 72.5 Å². The maximum atomic E-state index is 12.8. The first kappa shape index (κ1) is 25.2. The molecule has 1 heterocycles. The second-order valence-electron chi connectivity index (χ2n) is 8.45. The summed E-state index contributed by atoms with van der Waals surface area (Å²) in [6, 6.07) is 24.2. The number of hydrogen-bond acceptors (Lipinski definition) is 5. The Balaban J connectivity index is 1.36. The summed E-state index contributed by atoms with van der Waals surface area (Å²) >= 11 is 5.44. The van der Waals surface area contributed by atoms with E-state index in [0.717, 1.165) is 17.8 Å². The molecule has 2 amide bonds. The Kier molecular flexibility index (Phi) is 8.52. The number of carbonyl (C=O) groups is 2. The lowest BCUT2D eigenvalue weighted by Gasteiger charge is -2.37. The monoisotopic (exact) mass is 502 g/mol. The predicted molar refractivity (Wildman–Crippen MR) is 147 cm³/mol. The Labute approximate surface area is 217 Å². The normalized spacial score (nSPS) is 13.1. The van der Waals surface area contributed by atoms with E-state index in [2.05, 4.69) is 15.5 Å². The summed E-state index contributed by atoms with van der Waals surface area (Å²) in [6.45, 7) is 5.26. The van der Waals surface area contributed by atoms with Crippen molar-refractivity contribution in [2.75, 3.05) is 43.0 Å². The molecule has 0 saturated carbocycles. The molecule has 0 unspecified atom stereocenters. The van der Waals surface area contributed by atoms with Gasteiger partial charge in [-0.05, 0) is 61.1 Å². The highest BCUT2D eigenvalue weighted by molar-refractivity contribution is 7.80. The van der Waals surface area contributed by atoms with Crippen molar-refractivity contribution in [1.82, 2.24) is 10.2 Å². The van der Waals surface area contributed by atoms with Crippen molar-refractivity contribution in [2.24, 2.45) is 0 Å². The fraction of sp³-hybridized carbons (Fsp3) is 0.250. The first-order valence-electron chi connectivity index (χ1n) is 12.1. The Morgan fingerprint density at radius 2 is 1.58 bits per heavy atom. The number of para-hydroxylation sites is 2. The van der Waals surface area contributed by atoms with Crippen molar-refractivity contribution in [3.8, 4) is 5.75 Å². The molecule has 0 spiro atoms. The molecular weight excluding hydrogens is 472 g/mol. The quantitative estimate of drug-likeness (QED) is 0.462. The first-order chi connectivity index (χ1) is 17.5. The van der Waals surface area contributed by atoms with Gasteiger partial charge in [0.15, 0.2) is 5.11 Å². The van der Waals surface area contributed by atoms with E-state index in [1.54, 1.807) is 18.2 Å². The van der Waals surface area contributed by atoms with Crippen LogP contribution >= 0.6 is 12.2 Å². The van der Waals surface area contributed by atoms with Crippen molar-refractivity contribution in [3.63, 3.8) is 0 Å². The molecule has 7 nitrogen and oxygen atoms in total. The van der Waals surface area contributed by atoms with Crippen molar-refractivity contribution < 1.29 is 14.3 Å². The van der Waals surface area contributed by atoms with E-state index in [0.29, 0.717) is 49.7 Å². The number of benzene rings is 3. The van der Waals surface area contributed by atoms with Gasteiger partial charge in [0.05, 0.1) is 18.0 Å². The highest BCUT2D eigenvalue weighted by atomic mass is 32.1. The molecule has 1 aliphatic heterocycles. The van der Waals surface area contributed by atoms with Gasteiger partial charge in [-0.15, -0.1) is 0 Å². The zero-order valence-corrected chi connectivity index (χ0v) is 21.1. The molecule has 2 N–H and O–H groups in total. The molecule has 3 aromatic rings. The van der Waals surface area contributed by atoms with Crippen LogP contribution < -0.4 is 20.3 Å². The van der Waals surface area contributed by atoms with Gasteiger partial charge in [0.2, 0.25) is 0 Å². The van der Waals surface area contributed by atoms with Crippen LogP contribution in [0.1, 0.15) is 34.1 Å². The van der Waals surface area contributed by atoms with Gasteiger partial charge >= 0.3 is 0 Å². The summed E-state index contributed by atoms with van der Waals surface area (Å²) < 4.78 is 5.62. The number of piperazine rings is 1. The molecule has 186 valence electrons. The molecular formula is C28H30N4O3S. The Hall–Kier alpha value is -3.91. The van der Waals surface area contributed by atoms with Crippen LogP contribution in [0.3, 0.4) is 0 Å². The highest BCUT2D eigenvalue weighted by Crippen LogP contribution is 2.27. The Bertz CT molecular complexity index is 1210. The lowest BCUT2D eigenvalue weighted by atomic mass is 10.1. The zero-order chi connectivity index (χ0) is 25.3. The van der Waals surface area contributed by atoms with Crippen LogP contribution in [0.25, 0.3) is 0 Å². The van der Waals surface area contributed by atoms with Crippen molar-refractivity contribution in [1.29, 1.82) is 0 Å². The molecule has 0 bridgehead atoms. The largest absolute Gasteiger partial charge is 0.494 e. The van der Waals surface area contributed by atoms with Crippen LogP contribution in [0.2, 0.25) is 0 Å². The SMILES string of the molecule is CCCOc1cccc(C(=O)NC(=S)Nc2ccccc2N2CCN(C(=O)c3ccccc3)CC2)c1. The molecule has 0 atom stereocenters. The van der Waals surface area contributed by atoms with Gasteiger partial charge in [0.1, 0.15) is 5.75 Å². The molecule has 1 saturated heterocycles. The fourth-order valence-electron chi connectivity index (χ4n) is 4.04. The van der Waals surface area contributed by atoms with E-state index in [4.69, 9.17) is 17.0 Å². The summed E-state index contributed by atoms with van der Waals surface area (Å²) in [4.78, 5) is 29.6. The predicted octanol–water partition coefficient (Wildman–Crippen LogP) is 4.56. The molecule has 0 radical (unpaired) electrons. The Morgan fingerprint density at radius 1 is 0.889 bits per heavy atom. The summed E-state index contributed by atoms with van der Waals surface area (Å²) in [7, 11) is 0. The average molecular weight is 503 g/mol. The smallest absolute Gasteiger partial charge is 0.257 e. The maximum absolute atomic E-state index is 12.8. The number of rotatable bonds is 7. The van der Waals surface area contributed by atoms with Crippen LogP contribution in [0.4, 0.5) is 11.4 Å². The fourth-order valence-corrected chi connectivity index (χ4v) is 4.25. The van der Waals surface area contributed by atoms with E-state index in [-0.39, 0.29) is 16.9 Å². The number of hydrogen-bond donors (Lipinski definition) is 2. The molecule has 8 heteroatoms.